The minimum atomic E-state index is -1.80. The molecule has 5 heteroatoms. The van der Waals surface area contributed by atoms with Crippen LogP contribution in [0.2, 0.25) is 36.3 Å². The van der Waals surface area contributed by atoms with Crippen LogP contribution in [0.3, 0.4) is 0 Å². The Bertz CT molecular complexity index is 403. The van der Waals surface area contributed by atoms with Gasteiger partial charge in [-0.05, 0) is 42.3 Å². The zero-order valence-electron chi connectivity index (χ0n) is 16.2. The second-order valence-electron chi connectivity index (χ2n) is 9.42. The Hall–Kier alpha value is -0.106. The van der Waals surface area contributed by atoms with Crippen LogP contribution in [0.15, 0.2) is 12.3 Å². The quantitative estimate of drug-likeness (QED) is 0.632. The van der Waals surface area contributed by atoms with Crippen molar-refractivity contribution in [1.82, 2.24) is 0 Å². The maximum atomic E-state index is 6.49. The molecule has 130 valence electrons. The van der Waals surface area contributed by atoms with E-state index in [2.05, 4.69) is 67.7 Å². The van der Waals surface area contributed by atoms with Crippen LogP contribution in [0.1, 0.15) is 41.5 Å². The summed E-state index contributed by atoms with van der Waals surface area (Å²) in [5, 5.41) is 0.420. The minimum Gasteiger partial charge on any atom is -0.493 e. The van der Waals surface area contributed by atoms with Crippen molar-refractivity contribution in [3.8, 4) is 0 Å². The predicted octanol–water partition coefficient (Wildman–Crippen LogP) is 5.31. The Kier molecular flexibility index (Phi) is 5.82. The monoisotopic (exact) mass is 344 g/mol. The molecule has 22 heavy (non-hydrogen) atoms. The third-order valence-electron chi connectivity index (χ3n) is 5.54. The summed E-state index contributed by atoms with van der Waals surface area (Å²) < 4.78 is 18.6. The van der Waals surface area contributed by atoms with E-state index < -0.39 is 16.6 Å². The van der Waals surface area contributed by atoms with E-state index in [-0.39, 0.29) is 22.3 Å². The van der Waals surface area contributed by atoms with Crippen LogP contribution < -0.4 is 0 Å². The molecule has 0 spiro atoms. The van der Waals surface area contributed by atoms with Gasteiger partial charge in [-0.2, -0.15) is 0 Å². The lowest BCUT2D eigenvalue weighted by Crippen LogP contribution is -2.48. The van der Waals surface area contributed by atoms with E-state index in [0.717, 1.165) is 0 Å². The van der Waals surface area contributed by atoms with Crippen LogP contribution in [-0.2, 0) is 13.6 Å². The van der Waals surface area contributed by atoms with Crippen molar-refractivity contribution < 1.29 is 13.6 Å². The summed E-state index contributed by atoms with van der Waals surface area (Å²) in [6, 6.07) is 0. The Morgan fingerprint density at radius 3 is 1.86 bits per heavy atom. The van der Waals surface area contributed by atoms with Gasteiger partial charge in [0.2, 0.25) is 0 Å². The molecule has 0 bridgehead atoms. The van der Waals surface area contributed by atoms with Crippen LogP contribution in [-0.4, -0.2) is 35.4 Å². The smallest absolute Gasteiger partial charge is 0.193 e. The van der Waals surface area contributed by atoms with Crippen molar-refractivity contribution in [2.45, 2.75) is 90.0 Å². The van der Waals surface area contributed by atoms with E-state index in [9.17, 15) is 0 Å². The molecule has 0 aromatic carbocycles. The zero-order valence-corrected chi connectivity index (χ0v) is 18.2. The Morgan fingerprint density at radius 1 is 0.909 bits per heavy atom. The number of hydrogen-bond donors (Lipinski definition) is 0. The van der Waals surface area contributed by atoms with Crippen molar-refractivity contribution in [3.63, 3.8) is 0 Å². The first-order chi connectivity index (χ1) is 9.67. The average molecular weight is 345 g/mol. The van der Waals surface area contributed by atoms with E-state index in [1.165, 1.54) is 0 Å². The zero-order chi connectivity index (χ0) is 17.4. The Balaban J connectivity index is 2.67. The molecule has 3 nitrogen and oxygen atoms in total. The van der Waals surface area contributed by atoms with Crippen LogP contribution in [0.5, 0.6) is 0 Å². The van der Waals surface area contributed by atoms with Crippen LogP contribution in [0, 0.1) is 0 Å². The summed E-state index contributed by atoms with van der Waals surface area (Å²) in [5.74, 6) is 0. The van der Waals surface area contributed by atoms with Crippen molar-refractivity contribution in [2.75, 3.05) is 6.61 Å². The summed E-state index contributed by atoms with van der Waals surface area (Å²) in [7, 11) is -3.55. The van der Waals surface area contributed by atoms with Gasteiger partial charge in [0.05, 0.1) is 12.9 Å². The van der Waals surface area contributed by atoms with Gasteiger partial charge in [0.15, 0.2) is 16.6 Å². The van der Waals surface area contributed by atoms with Crippen LogP contribution in [0.4, 0.5) is 0 Å². The van der Waals surface area contributed by atoms with E-state index in [1.807, 2.05) is 6.08 Å². The molecule has 0 fully saturated rings. The molecule has 1 heterocycles. The molecule has 0 amide bonds. The fourth-order valence-corrected chi connectivity index (χ4v) is 3.98. The topological polar surface area (TPSA) is 27.7 Å². The maximum absolute atomic E-state index is 6.49. The Morgan fingerprint density at radius 2 is 1.41 bits per heavy atom. The number of rotatable bonds is 5. The highest BCUT2D eigenvalue weighted by molar-refractivity contribution is 6.74. The molecule has 0 aromatic rings. The highest BCUT2D eigenvalue weighted by Crippen LogP contribution is 2.39. The molecular formula is C17H36O3Si2. The van der Waals surface area contributed by atoms with Crippen molar-refractivity contribution in [1.29, 1.82) is 0 Å². The summed E-state index contributed by atoms with van der Waals surface area (Å²) in [6.45, 7) is 23.3. The third-order valence-corrected chi connectivity index (χ3v) is 14.5. The highest BCUT2D eigenvalue weighted by atomic mass is 28.4. The molecule has 1 aliphatic heterocycles. The van der Waals surface area contributed by atoms with Gasteiger partial charge < -0.3 is 13.6 Å². The van der Waals surface area contributed by atoms with Gasteiger partial charge in [-0.3, -0.25) is 0 Å². The lowest BCUT2D eigenvalue weighted by atomic mass is 10.2. The molecule has 0 saturated carbocycles. The lowest BCUT2D eigenvalue weighted by Gasteiger charge is -2.40. The summed E-state index contributed by atoms with van der Waals surface area (Å²) in [5.41, 5.74) is 0. The number of ether oxygens (including phenoxy) is 1. The van der Waals surface area contributed by atoms with Gasteiger partial charge in [0.25, 0.3) is 0 Å². The summed E-state index contributed by atoms with van der Waals surface area (Å²) >= 11 is 0. The standard InChI is InChI=1S/C17H36O3Si2/c1-16(2,3)21(7,8)19-13-15-14(11-12-18-15)20-22(9,10)17(4,5)6/h11-12,14-15H,13H2,1-10H3/t14-,15-/m1/s1. The molecule has 0 N–H and O–H groups in total. The molecule has 0 radical (unpaired) electrons. The molecule has 0 aliphatic carbocycles. The normalized spacial score (nSPS) is 23.7. The van der Waals surface area contributed by atoms with Gasteiger partial charge in [0.1, 0.15) is 12.2 Å². The highest BCUT2D eigenvalue weighted by Gasteiger charge is 2.43. The molecule has 0 saturated heterocycles. The second kappa shape index (κ2) is 6.42. The van der Waals surface area contributed by atoms with Crippen LogP contribution >= 0.6 is 0 Å². The second-order valence-corrected chi connectivity index (χ2v) is 19.0. The van der Waals surface area contributed by atoms with Gasteiger partial charge in [-0.15, -0.1) is 0 Å². The van der Waals surface area contributed by atoms with Gasteiger partial charge in [-0.25, -0.2) is 0 Å². The van der Waals surface area contributed by atoms with Gasteiger partial charge in [-0.1, -0.05) is 41.5 Å². The van der Waals surface area contributed by atoms with Gasteiger partial charge in [0, 0.05) is 0 Å². The summed E-state index contributed by atoms with van der Waals surface area (Å²) in [6.07, 6.45) is 3.83. The van der Waals surface area contributed by atoms with E-state index in [4.69, 9.17) is 13.6 Å². The van der Waals surface area contributed by atoms with E-state index in [0.29, 0.717) is 6.61 Å². The predicted molar refractivity (Wildman–Crippen MR) is 99.2 cm³/mol. The fourth-order valence-electron chi connectivity index (χ4n) is 1.70. The average Bonchev–Trinajstić information content (AvgIpc) is 2.70. The maximum Gasteiger partial charge on any atom is 0.193 e. The first kappa shape index (κ1) is 19.9. The lowest BCUT2D eigenvalue weighted by molar-refractivity contribution is 0.0302. The van der Waals surface area contributed by atoms with E-state index in [1.54, 1.807) is 6.26 Å². The molecular weight excluding hydrogens is 308 g/mol. The van der Waals surface area contributed by atoms with Crippen molar-refractivity contribution in [3.05, 3.63) is 12.3 Å². The SMILES string of the molecule is CC(C)(C)[Si](C)(C)OC[C@H]1OC=C[C@H]1O[Si](C)(C)C(C)(C)C. The fraction of sp³-hybridized carbons (Fsp3) is 0.882. The molecule has 1 rings (SSSR count). The first-order valence-electron chi connectivity index (χ1n) is 8.31. The summed E-state index contributed by atoms with van der Waals surface area (Å²) in [4.78, 5) is 0. The molecule has 0 unspecified atom stereocenters. The molecule has 2 atom stereocenters. The Labute approximate surface area is 139 Å². The molecule has 1 aliphatic rings. The van der Waals surface area contributed by atoms with Crippen molar-refractivity contribution >= 4 is 16.6 Å². The van der Waals surface area contributed by atoms with Crippen LogP contribution in [0.25, 0.3) is 0 Å². The molecule has 0 aromatic heterocycles. The van der Waals surface area contributed by atoms with Crippen molar-refractivity contribution in [2.24, 2.45) is 0 Å². The first-order valence-corrected chi connectivity index (χ1v) is 14.1. The largest absolute Gasteiger partial charge is 0.493 e. The van der Waals surface area contributed by atoms with E-state index >= 15 is 0 Å². The van der Waals surface area contributed by atoms with Gasteiger partial charge >= 0.3 is 0 Å². The number of hydrogen-bond acceptors (Lipinski definition) is 3. The minimum absolute atomic E-state index is 0.0109. The third kappa shape index (κ3) is 4.69.